The van der Waals surface area contributed by atoms with Crippen LogP contribution < -0.4 is 0 Å². The Balaban J connectivity index is 3.21. The molecule has 51 valence electrons. The molecule has 0 atom stereocenters. The van der Waals surface area contributed by atoms with Crippen molar-refractivity contribution in [2.24, 2.45) is 0 Å². The Bertz CT molecular complexity index is 258. The van der Waals surface area contributed by atoms with Crippen LogP contribution in [0.3, 0.4) is 0 Å². The van der Waals surface area contributed by atoms with Gasteiger partial charge in [0.15, 0.2) is 12.0 Å². The molecule has 0 heterocycles. The zero-order chi connectivity index (χ0) is 7.56. The molecule has 0 saturated heterocycles. The summed E-state index contributed by atoms with van der Waals surface area (Å²) in [7, 11) is 0. The molecule has 0 saturated carbocycles. The average Bonchev–Trinajstić information content (AvgIpc) is 1.94. The first-order valence-corrected chi connectivity index (χ1v) is 3.03. The summed E-state index contributed by atoms with van der Waals surface area (Å²) in [4.78, 5) is 10.1. The molecule has 10 heavy (non-hydrogen) atoms. The van der Waals surface area contributed by atoms with Gasteiger partial charge in [0.1, 0.15) is 0 Å². The molecule has 0 aliphatic rings. The van der Waals surface area contributed by atoms with Gasteiger partial charge in [-0.25, -0.2) is 0 Å². The quantitative estimate of drug-likeness (QED) is 0.574. The number of hydrogen-bond donors (Lipinski definition) is 0. The summed E-state index contributed by atoms with van der Waals surface area (Å²) in [6, 6.07) is 4.07. The summed E-state index contributed by atoms with van der Waals surface area (Å²) in [5, 5.41) is 11.1. The van der Waals surface area contributed by atoms with Crippen LogP contribution >= 0.6 is 11.6 Å². The van der Waals surface area contributed by atoms with E-state index in [1.165, 1.54) is 18.2 Å². The highest BCUT2D eigenvalue weighted by Crippen LogP contribution is 2.19. The van der Waals surface area contributed by atoms with Gasteiger partial charge in [0.05, 0.1) is 5.56 Å². The molecular formula is C7H4ClO2. The number of benzene rings is 1. The molecule has 0 aliphatic carbocycles. The molecular weight excluding hydrogens is 152 g/mol. The van der Waals surface area contributed by atoms with Crippen LogP contribution in [0.2, 0.25) is 5.02 Å². The predicted octanol–water partition coefficient (Wildman–Crippen LogP) is 2.30. The Hall–Kier alpha value is -1.02. The lowest BCUT2D eigenvalue weighted by atomic mass is 10.2. The van der Waals surface area contributed by atoms with Crippen molar-refractivity contribution in [1.29, 1.82) is 0 Å². The lowest BCUT2D eigenvalue weighted by molar-refractivity contribution is 0.111. The van der Waals surface area contributed by atoms with Crippen molar-refractivity contribution in [3.63, 3.8) is 0 Å². The van der Waals surface area contributed by atoms with Gasteiger partial charge in [0, 0.05) is 5.02 Å². The van der Waals surface area contributed by atoms with Crippen molar-refractivity contribution in [2.45, 2.75) is 0 Å². The first-order valence-electron chi connectivity index (χ1n) is 2.66. The van der Waals surface area contributed by atoms with Gasteiger partial charge >= 0.3 is 0 Å². The first-order chi connectivity index (χ1) is 4.74. The summed E-state index contributed by atoms with van der Waals surface area (Å²) >= 11 is 5.50. The zero-order valence-electron chi connectivity index (χ0n) is 5.00. The number of halogens is 1. The summed E-state index contributed by atoms with van der Waals surface area (Å²) in [6.45, 7) is 0. The Morgan fingerprint density at radius 3 is 2.60 bits per heavy atom. The van der Waals surface area contributed by atoms with Crippen molar-refractivity contribution in [1.82, 2.24) is 0 Å². The number of carbonyl (C=O) groups excluding carboxylic acids is 1. The lowest BCUT2D eigenvalue weighted by Crippen LogP contribution is -1.78. The van der Waals surface area contributed by atoms with Crippen molar-refractivity contribution in [3.05, 3.63) is 28.8 Å². The van der Waals surface area contributed by atoms with Crippen molar-refractivity contribution in [3.8, 4) is 5.75 Å². The number of hydrogen-bond acceptors (Lipinski definition) is 1. The van der Waals surface area contributed by atoms with Gasteiger partial charge in [-0.15, -0.1) is 0 Å². The number of rotatable bonds is 1. The normalized spacial score (nSPS) is 9.30. The van der Waals surface area contributed by atoms with Crippen LogP contribution in [-0.2, 0) is 5.11 Å². The average molecular weight is 156 g/mol. The molecule has 0 bridgehead atoms. The monoisotopic (exact) mass is 155 g/mol. The Morgan fingerprint density at radius 2 is 2.10 bits per heavy atom. The van der Waals surface area contributed by atoms with Gasteiger partial charge in [-0.2, -0.15) is 0 Å². The summed E-state index contributed by atoms with van der Waals surface area (Å²) in [6.07, 6.45) is 0.494. The molecule has 0 unspecified atom stereocenters. The van der Waals surface area contributed by atoms with E-state index >= 15 is 0 Å². The fourth-order valence-electron chi connectivity index (χ4n) is 0.611. The van der Waals surface area contributed by atoms with E-state index in [0.717, 1.165) is 0 Å². The van der Waals surface area contributed by atoms with E-state index in [1.807, 2.05) is 0 Å². The van der Waals surface area contributed by atoms with E-state index in [9.17, 15) is 9.90 Å². The molecule has 0 fully saturated rings. The second kappa shape index (κ2) is 2.71. The van der Waals surface area contributed by atoms with Crippen molar-refractivity contribution in [2.75, 3.05) is 0 Å². The SMILES string of the molecule is [O]c1ccc(Cl)cc1C=O. The van der Waals surface area contributed by atoms with E-state index in [4.69, 9.17) is 11.6 Å². The second-order valence-electron chi connectivity index (χ2n) is 1.80. The molecule has 1 aromatic rings. The molecule has 0 aromatic heterocycles. The number of carbonyl (C=O) groups is 1. The van der Waals surface area contributed by atoms with Gasteiger partial charge in [-0.05, 0) is 18.2 Å². The molecule has 1 rings (SSSR count). The molecule has 3 heteroatoms. The van der Waals surface area contributed by atoms with E-state index in [0.29, 0.717) is 11.3 Å². The minimum absolute atomic E-state index is 0.104. The predicted molar refractivity (Wildman–Crippen MR) is 37.0 cm³/mol. The van der Waals surface area contributed by atoms with E-state index < -0.39 is 0 Å². The Kier molecular flexibility index (Phi) is 1.92. The van der Waals surface area contributed by atoms with Crippen LogP contribution in [0.5, 0.6) is 5.75 Å². The van der Waals surface area contributed by atoms with Gasteiger partial charge < -0.3 is 0 Å². The molecule has 2 nitrogen and oxygen atoms in total. The third-order valence-electron chi connectivity index (χ3n) is 1.10. The molecule has 1 radical (unpaired) electrons. The van der Waals surface area contributed by atoms with Gasteiger partial charge in [0.25, 0.3) is 0 Å². The summed E-state index contributed by atoms with van der Waals surface area (Å²) in [5.74, 6) is -0.292. The van der Waals surface area contributed by atoms with Crippen molar-refractivity contribution >= 4 is 17.9 Å². The largest absolute Gasteiger partial charge is 0.298 e. The first kappa shape index (κ1) is 7.09. The summed E-state index contributed by atoms with van der Waals surface area (Å²) in [5.41, 5.74) is 0.104. The van der Waals surface area contributed by atoms with Gasteiger partial charge in [-0.1, -0.05) is 11.6 Å². The third-order valence-corrected chi connectivity index (χ3v) is 1.33. The lowest BCUT2D eigenvalue weighted by Gasteiger charge is -1.91. The highest BCUT2D eigenvalue weighted by atomic mass is 35.5. The smallest absolute Gasteiger partial charge is 0.189 e. The molecule has 0 N–H and O–H groups in total. The Labute approximate surface area is 63.1 Å². The van der Waals surface area contributed by atoms with Gasteiger partial charge in [0.2, 0.25) is 0 Å². The summed E-state index contributed by atoms with van der Waals surface area (Å²) < 4.78 is 0. The van der Waals surface area contributed by atoms with Crippen LogP contribution in [0.15, 0.2) is 18.2 Å². The van der Waals surface area contributed by atoms with Crippen LogP contribution in [0.25, 0.3) is 0 Å². The van der Waals surface area contributed by atoms with E-state index in [1.54, 1.807) is 0 Å². The van der Waals surface area contributed by atoms with Crippen molar-refractivity contribution < 1.29 is 9.90 Å². The minimum atomic E-state index is -0.292. The van der Waals surface area contributed by atoms with Crippen LogP contribution in [-0.4, -0.2) is 6.29 Å². The topological polar surface area (TPSA) is 37.0 Å². The maximum absolute atomic E-state index is 10.7. The highest BCUT2D eigenvalue weighted by molar-refractivity contribution is 6.30. The Morgan fingerprint density at radius 1 is 1.40 bits per heavy atom. The molecule has 1 aromatic carbocycles. The third kappa shape index (κ3) is 1.28. The maximum Gasteiger partial charge on any atom is 0.189 e. The van der Waals surface area contributed by atoms with E-state index in [-0.39, 0.29) is 11.3 Å². The zero-order valence-corrected chi connectivity index (χ0v) is 5.76. The van der Waals surface area contributed by atoms with Crippen LogP contribution in [0.1, 0.15) is 10.4 Å². The standard InChI is InChI=1S/C7H4ClO2/c8-6-1-2-7(10)5(3-6)4-9/h1-4H. The highest BCUT2D eigenvalue weighted by Gasteiger charge is 2.00. The van der Waals surface area contributed by atoms with Crippen LogP contribution in [0.4, 0.5) is 0 Å². The fourth-order valence-corrected chi connectivity index (χ4v) is 0.792. The minimum Gasteiger partial charge on any atom is -0.298 e. The molecule has 0 spiro atoms. The molecule has 0 aliphatic heterocycles. The van der Waals surface area contributed by atoms with Gasteiger partial charge in [-0.3, -0.25) is 9.90 Å². The fraction of sp³-hybridized carbons (Fsp3) is 0. The molecule has 0 amide bonds. The maximum atomic E-state index is 10.7. The number of aldehydes is 1. The van der Waals surface area contributed by atoms with E-state index in [2.05, 4.69) is 0 Å². The second-order valence-corrected chi connectivity index (χ2v) is 2.24. The van der Waals surface area contributed by atoms with Crippen LogP contribution in [0, 0.1) is 0 Å².